The molecule has 1 rings (SSSR count). The van der Waals surface area contributed by atoms with E-state index in [4.69, 9.17) is 0 Å². The predicted octanol–water partition coefficient (Wildman–Crippen LogP) is 7.29. The molecule has 0 saturated carbocycles. The van der Waals surface area contributed by atoms with E-state index in [1.165, 1.54) is 51.4 Å². The van der Waals surface area contributed by atoms with Gasteiger partial charge in [0, 0.05) is 0 Å². The van der Waals surface area contributed by atoms with Crippen molar-refractivity contribution in [3.63, 3.8) is 0 Å². The number of rotatable bonds is 9. The van der Waals surface area contributed by atoms with E-state index in [1.54, 1.807) is 5.57 Å². The van der Waals surface area contributed by atoms with Gasteiger partial charge in [-0.05, 0) is 42.7 Å². The van der Waals surface area contributed by atoms with Gasteiger partial charge in [-0.15, -0.1) is 0 Å². The van der Waals surface area contributed by atoms with Gasteiger partial charge in [0.05, 0.1) is 8.07 Å². The zero-order valence-electron chi connectivity index (χ0n) is 15.7. The Balaban J connectivity index is 3.38. The van der Waals surface area contributed by atoms with E-state index < -0.39 is 8.07 Å². The smallest absolute Gasteiger partial charge is 0.0707 e. The lowest BCUT2D eigenvalue weighted by Crippen LogP contribution is -2.29. The standard InChI is InChI=1S/C20H38Si/c1-8-12-16-17(13-9-2)19(15-11-4)20(21(5,6)7)18(16)14-10-3/h18H,8-15H2,1-7H3. The van der Waals surface area contributed by atoms with Crippen molar-refractivity contribution in [2.24, 2.45) is 5.92 Å². The maximum Gasteiger partial charge on any atom is 0.0736 e. The molecule has 0 heterocycles. The van der Waals surface area contributed by atoms with Crippen LogP contribution in [0.2, 0.25) is 19.6 Å². The summed E-state index contributed by atoms with van der Waals surface area (Å²) in [5.74, 6) is 0.810. The molecule has 0 radical (unpaired) electrons. The third kappa shape index (κ3) is 4.34. The van der Waals surface area contributed by atoms with E-state index in [-0.39, 0.29) is 0 Å². The highest BCUT2D eigenvalue weighted by Gasteiger charge is 2.37. The molecule has 122 valence electrons. The molecule has 1 aliphatic carbocycles. The Morgan fingerprint density at radius 3 is 1.67 bits per heavy atom. The van der Waals surface area contributed by atoms with Crippen LogP contribution in [0.3, 0.4) is 0 Å². The minimum absolute atomic E-state index is 0.810. The number of allylic oxidation sites excluding steroid dienone is 4. The van der Waals surface area contributed by atoms with Gasteiger partial charge in [-0.2, -0.15) is 0 Å². The summed E-state index contributed by atoms with van der Waals surface area (Å²) in [6, 6.07) is 0. The molecule has 1 atom stereocenters. The van der Waals surface area contributed by atoms with Crippen molar-refractivity contribution in [3.05, 3.63) is 21.9 Å². The summed E-state index contributed by atoms with van der Waals surface area (Å²) in [6.45, 7) is 17.1. The fourth-order valence-electron chi connectivity index (χ4n) is 4.23. The monoisotopic (exact) mass is 306 g/mol. The zero-order valence-corrected chi connectivity index (χ0v) is 16.7. The molecule has 1 unspecified atom stereocenters. The minimum Gasteiger partial charge on any atom is -0.0707 e. The first-order valence-electron chi connectivity index (χ1n) is 9.37. The van der Waals surface area contributed by atoms with Gasteiger partial charge in [0.2, 0.25) is 0 Å². The molecule has 0 aromatic heterocycles. The summed E-state index contributed by atoms with van der Waals surface area (Å²) < 4.78 is 0. The first-order chi connectivity index (χ1) is 9.92. The van der Waals surface area contributed by atoms with Crippen molar-refractivity contribution in [1.29, 1.82) is 0 Å². The largest absolute Gasteiger partial charge is 0.0736 e. The topological polar surface area (TPSA) is 0 Å². The molecular formula is C20H38Si. The van der Waals surface area contributed by atoms with E-state index in [9.17, 15) is 0 Å². The van der Waals surface area contributed by atoms with Gasteiger partial charge in [0.25, 0.3) is 0 Å². The number of hydrogen-bond donors (Lipinski definition) is 0. The zero-order chi connectivity index (χ0) is 16.0. The predicted molar refractivity (Wildman–Crippen MR) is 101 cm³/mol. The van der Waals surface area contributed by atoms with E-state index in [1.807, 2.05) is 16.3 Å². The molecule has 0 aliphatic heterocycles. The lowest BCUT2D eigenvalue weighted by Gasteiger charge is -2.29. The average Bonchev–Trinajstić information content (AvgIpc) is 2.66. The fourth-order valence-corrected chi connectivity index (χ4v) is 6.77. The lowest BCUT2D eigenvalue weighted by atomic mass is 9.90. The number of hydrogen-bond acceptors (Lipinski definition) is 0. The van der Waals surface area contributed by atoms with Crippen LogP contribution in [-0.2, 0) is 0 Å². The van der Waals surface area contributed by atoms with E-state index in [0.29, 0.717) is 0 Å². The highest BCUT2D eigenvalue weighted by atomic mass is 28.3. The fraction of sp³-hybridized carbons (Fsp3) is 0.800. The van der Waals surface area contributed by atoms with Crippen LogP contribution in [0.25, 0.3) is 0 Å². The third-order valence-corrected chi connectivity index (χ3v) is 7.02. The van der Waals surface area contributed by atoms with Crippen molar-refractivity contribution in [3.8, 4) is 0 Å². The van der Waals surface area contributed by atoms with Crippen molar-refractivity contribution >= 4 is 8.07 Å². The first kappa shape index (κ1) is 18.7. The lowest BCUT2D eigenvalue weighted by molar-refractivity contribution is 0.617. The Morgan fingerprint density at radius 1 is 0.714 bits per heavy atom. The molecule has 0 saturated heterocycles. The Kier molecular flexibility index (Phi) is 7.46. The molecule has 0 amide bonds. The maximum atomic E-state index is 2.57. The van der Waals surface area contributed by atoms with Crippen LogP contribution >= 0.6 is 0 Å². The quantitative estimate of drug-likeness (QED) is 0.392. The second kappa shape index (κ2) is 8.36. The average molecular weight is 307 g/mol. The summed E-state index contributed by atoms with van der Waals surface area (Å²) >= 11 is 0. The van der Waals surface area contributed by atoms with E-state index in [2.05, 4.69) is 47.3 Å². The van der Waals surface area contributed by atoms with Gasteiger partial charge in [-0.3, -0.25) is 0 Å². The molecule has 0 aromatic rings. The summed E-state index contributed by atoms with van der Waals surface area (Å²) in [5, 5.41) is 1.93. The molecule has 0 bridgehead atoms. The molecule has 1 aliphatic rings. The van der Waals surface area contributed by atoms with Crippen LogP contribution in [0.5, 0.6) is 0 Å². The summed E-state index contributed by atoms with van der Waals surface area (Å²) in [4.78, 5) is 0. The Hall–Kier alpha value is -0.303. The molecule has 0 nitrogen and oxygen atoms in total. The molecular weight excluding hydrogens is 268 g/mol. The first-order valence-corrected chi connectivity index (χ1v) is 12.9. The normalized spacial score (nSPS) is 19.9. The Morgan fingerprint density at radius 2 is 1.24 bits per heavy atom. The molecule has 0 N–H and O–H groups in total. The highest BCUT2D eigenvalue weighted by Crippen LogP contribution is 2.48. The Bertz CT molecular complexity index is 393. The molecule has 0 aromatic carbocycles. The Labute approximate surface area is 135 Å². The third-order valence-electron chi connectivity index (χ3n) is 4.75. The van der Waals surface area contributed by atoms with Crippen molar-refractivity contribution in [2.45, 2.75) is 98.7 Å². The van der Waals surface area contributed by atoms with Gasteiger partial charge in [0.15, 0.2) is 0 Å². The van der Waals surface area contributed by atoms with Crippen LogP contribution < -0.4 is 0 Å². The second-order valence-corrected chi connectivity index (χ2v) is 12.8. The van der Waals surface area contributed by atoms with Crippen LogP contribution in [0.1, 0.15) is 79.1 Å². The second-order valence-electron chi connectivity index (χ2n) is 7.74. The van der Waals surface area contributed by atoms with Crippen molar-refractivity contribution in [1.82, 2.24) is 0 Å². The molecule has 21 heavy (non-hydrogen) atoms. The molecule has 1 heteroatoms. The van der Waals surface area contributed by atoms with Crippen LogP contribution in [0.4, 0.5) is 0 Å². The van der Waals surface area contributed by atoms with Gasteiger partial charge in [-0.25, -0.2) is 0 Å². The summed E-state index contributed by atoms with van der Waals surface area (Å²) in [6.07, 6.45) is 10.6. The molecule has 0 fully saturated rings. The summed E-state index contributed by atoms with van der Waals surface area (Å²) in [5.41, 5.74) is 5.47. The van der Waals surface area contributed by atoms with Crippen molar-refractivity contribution < 1.29 is 0 Å². The van der Waals surface area contributed by atoms with Gasteiger partial charge in [-0.1, -0.05) is 83.8 Å². The van der Waals surface area contributed by atoms with E-state index >= 15 is 0 Å². The van der Waals surface area contributed by atoms with Crippen LogP contribution in [0.15, 0.2) is 21.9 Å². The maximum absolute atomic E-state index is 2.57. The molecule has 0 spiro atoms. The van der Waals surface area contributed by atoms with Gasteiger partial charge < -0.3 is 0 Å². The van der Waals surface area contributed by atoms with Crippen LogP contribution in [-0.4, -0.2) is 8.07 Å². The van der Waals surface area contributed by atoms with E-state index in [0.717, 1.165) is 5.92 Å². The van der Waals surface area contributed by atoms with Gasteiger partial charge >= 0.3 is 0 Å². The van der Waals surface area contributed by atoms with Crippen LogP contribution in [0, 0.1) is 5.92 Å². The van der Waals surface area contributed by atoms with Crippen molar-refractivity contribution in [2.75, 3.05) is 0 Å². The SMILES string of the molecule is CCCC1=C(CCC)C(CCC)C([Si](C)(C)C)=C1CCC. The summed E-state index contributed by atoms with van der Waals surface area (Å²) in [7, 11) is -1.23. The minimum atomic E-state index is -1.23. The van der Waals surface area contributed by atoms with Gasteiger partial charge in [0.1, 0.15) is 0 Å². The highest BCUT2D eigenvalue weighted by molar-refractivity contribution is 6.83.